The van der Waals surface area contributed by atoms with Gasteiger partial charge in [-0.15, -0.1) is 0 Å². The van der Waals surface area contributed by atoms with Crippen molar-refractivity contribution in [3.05, 3.63) is 0 Å². The Morgan fingerprint density at radius 1 is 1.31 bits per heavy atom. The van der Waals surface area contributed by atoms with Gasteiger partial charge in [0.2, 0.25) is 0 Å². The molecule has 0 bridgehead atoms. The summed E-state index contributed by atoms with van der Waals surface area (Å²) in [7, 11) is 0. The molecule has 2 N–H and O–H groups in total. The van der Waals surface area contributed by atoms with E-state index in [1.165, 1.54) is 0 Å². The van der Waals surface area contributed by atoms with Crippen molar-refractivity contribution in [2.45, 2.75) is 33.6 Å². The van der Waals surface area contributed by atoms with Crippen LogP contribution in [0.5, 0.6) is 0 Å². The predicted molar refractivity (Wildman–Crippen MR) is 71.6 cm³/mol. The molecular formula is C12H24N2OS. The molecule has 0 aliphatic carbocycles. The van der Waals surface area contributed by atoms with Crippen LogP contribution in [0.1, 0.15) is 33.6 Å². The van der Waals surface area contributed by atoms with Crippen LogP contribution in [0.25, 0.3) is 0 Å². The second-order valence-corrected chi connectivity index (χ2v) is 5.79. The number of hydrogen-bond acceptors (Lipinski definition) is 2. The number of nitrogens with one attached hydrogen (secondary N) is 2. The van der Waals surface area contributed by atoms with Gasteiger partial charge in [-0.3, -0.25) is 0 Å². The van der Waals surface area contributed by atoms with Gasteiger partial charge in [-0.2, -0.15) is 0 Å². The van der Waals surface area contributed by atoms with Crippen molar-refractivity contribution in [1.29, 1.82) is 0 Å². The zero-order valence-electron chi connectivity index (χ0n) is 10.6. The Bertz CT molecular complexity index is 225. The van der Waals surface area contributed by atoms with Gasteiger partial charge >= 0.3 is 0 Å². The average molecular weight is 244 g/mol. The van der Waals surface area contributed by atoms with Crippen LogP contribution in [0.15, 0.2) is 0 Å². The van der Waals surface area contributed by atoms with Crippen molar-refractivity contribution >= 4 is 17.3 Å². The predicted octanol–water partition coefficient (Wildman–Crippen LogP) is 1.92. The number of ether oxygens (including phenoxy) is 1. The van der Waals surface area contributed by atoms with Crippen LogP contribution >= 0.6 is 12.2 Å². The molecule has 0 aromatic rings. The molecular weight excluding hydrogens is 220 g/mol. The molecule has 4 heteroatoms. The van der Waals surface area contributed by atoms with Crippen LogP contribution in [0, 0.1) is 11.3 Å². The van der Waals surface area contributed by atoms with Gasteiger partial charge < -0.3 is 15.4 Å². The number of thiocarbonyl (C=S) groups is 1. The fourth-order valence-corrected chi connectivity index (χ4v) is 1.85. The zero-order chi connectivity index (χ0) is 12.0. The van der Waals surface area contributed by atoms with E-state index in [9.17, 15) is 0 Å². The van der Waals surface area contributed by atoms with Gasteiger partial charge in [-0.1, -0.05) is 20.8 Å². The highest BCUT2D eigenvalue weighted by molar-refractivity contribution is 7.80. The molecule has 1 fully saturated rings. The Morgan fingerprint density at radius 2 is 1.94 bits per heavy atom. The molecule has 1 rings (SSSR count). The third-order valence-electron chi connectivity index (χ3n) is 3.05. The Labute approximate surface area is 104 Å². The summed E-state index contributed by atoms with van der Waals surface area (Å²) >= 11 is 5.24. The first-order valence-corrected chi connectivity index (χ1v) is 6.52. The van der Waals surface area contributed by atoms with E-state index in [2.05, 4.69) is 31.4 Å². The summed E-state index contributed by atoms with van der Waals surface area (Å²) in [4.78, 5) is 0. The van der Waals surface area contributed by atoms with Gasteiger partial charge in [0.15, 0.2) is 5.11 Å². The zero-order valence-corrected chi connectivity index (χ0v) is 11.5. The highest BCUT2D eigenvalue weighted by Gasteiger charge is 2.27. The summed E-state index contributed by atoms with van der Waals surface area (Å²) in [5.41, 5.74) is 0.335. The van der Waals surface area contributed by atoms with E-state index in [1.54, 1.807) is 0 Å². The molecule has 0 aromatic carbocycles. The van der Waals surface area contributed by atoms with Crippen LogP contribution in [0.3, 0.4) is 0 Å². The fourth-order valence-electron chi connectivity index (χ4n) is 1.69. The van der Waals surface area contributed by atoms with Gasteiger partial charge in [0, 0.05) is 26.3 Å². The van der Waals surface area contributed by atoms with Crippen molar-refractivity contribution in [2.24, 2.45) is 11.3 Å². The molecule has 3 nitrogen and oxygen atoms in total. The molecule has 0 radical (unpaired) electrons. The summed E-state index contributed by atoms with van der Waals surface area (Å²) in [6.07, 6.45) is 2.24. The van der Waals surface area contributed by atoms with E-state index in [0.717, 1.165) is 44.3 Å². The van der Waals surface area contributed by atoms with Crippen LogP contribution in [0.4, 0.5) is 0 Å². The highest BCUT2D eigenvalue weighted by Crippen LogP contribution is 2.28. The van der Waals surface area contributed by atoms with Crippen molar-refractivity contribution in [2.75, 3.05) is 26.3 Å². The lowest BCUT2D eigenvalue weighted by Gasteiger charge is -2.34. The van der Waals surface area contributed by atoms with E-state index in [4.69, 9.17) is 17.0 Å². The van der Waals surface area contributed by atoms with Crippen LogP contribution in [0.2, 0.25) is 0 Å². The fraction of sp³-hybridized carbons (Fsp3) is 0.917. The Hall–Kier alpha value is -0.350. The minimum absolute atomic E-state index is 0.335. The third-order valence-corrected chi connectivity index (χ3v) is 3.34. The first-order chi connectivity index (χ1) is 7.52. The molecule has 1 aliphatic rings. The minimum atomic E-state index is 0.335. The molecule has 0 saturated carbocycles. The Morgan fingerprint density at radius 3 is 2.50 bits per heavy atom. The quantitative estimate of drug-likeness (QED) is 0.740. The molecule has 1 saturated heterocycles. The summed E-state index contributed by atoms with van der Waals surface area (Å²) < 4.78 is 5.37. The lowest BCUT2D eigenvalue weighted by molar-refractivity contribution is 0.0261. The maximum atomic E-state index is 5.37. The van der Waals surface area contributed by atoms with E-state index in [1.807, 2.05) is 0 Å². The normalized spacial score (nSPS) is 19.5. The van der Waals surface area contributed by atoms with E-state index < -0.39 is 0 Å². The first kappa shape index (κ1) is 13.7. The summed E-state index contributed by atoms with van der Waals surface area (Å²) in [6.45, 7) is 10.3. The van der Waals surface area contributed by atoms with Crippen molar-refractivity contribution < 1.29 is 4.74 Å². The highest BCUT2D eigenvalue weighted by atomic mass is 32.1. The third kappa shape index (κ3) is 5.12. The number of rotatable bonds is 4. The second kappa shape index (κ2) is 6.40. The maximum Gasteiger partial charge on any atom is 0.166 e. The van der Waals surface area contributed by atoms with Crippen LogP contribution in [-0.2, 0) is 4.74 Å². The van der Waals surface area contributed by atoms with E-state index >= 15 is 0 Å². The van der Waals surface area contributed by atoms with Crippen LogP contribution in [-0.4, -0.2) is 31.4 Å². The second-order valence-electron chi connectivity index (χ2n) is 5.38. The topological polar surface area (TPSA) is 33.3 Å². The molecule has 94 valence electrons. The van der Waals surface area contributed by atoms with Crippen LogP contribution < -0.4 is 10.6 Å². The standard InChI is InChI=1S/C12H24N2OS/c1-10(2)8-13-11(16)14-9-12(3)4-6-15-7-5-12/h10H,4-9H2,1-3H3,(H2,13,14,16). The smallest absolute Gasteiger partial charge is 0.166 e. The number of hydrogen-bond donors (Lipinski definition) is 2. The molecule has 0 unspecified atom stereocenters. The molecule has 16 heavy (non-hydrogen) atoms. The van der Waals surface area contributed by atoms with Crippen molar-refractivity contribution in [3.8, 4) is 0 Å². The summed E-state index contributed by atoms with van der Waals surface area (Å²) in [6, 6.07) is 0. The van der Waals surface area contributed by atoms with Gasteiger partial charge in [-0.05, 0) is 36.4 Å². The SMILES string of the molecule is CC(C)CNC(=S)NCC1(C)CCOCC1. The van der Waals surface area contributed by atoms with Crippen molar-refractivity contribution in [1.82, 2.24) is 10.6 Å². The van der Waals surface area contributed by atoms with E-state index in [0.29, 0.717) is 11.3 Å². The molecule has 0 atom stereocenters. The van der Waals surface area contributed by atoms with E-state index in [-0.39, 0.29) is 0 Å². The monoisotopic (exact) mass is 244 g/mol. The molecule has 0 spiro atoms. The summed E-state index contributed by atoms with van der Waals surface area (Å²) in [5.74, 6) is 0.624. The summed E-state index contributed by atoms with van der Waals surface area (Å²) in [5, 5.41) is 7.32. The average Bonchev–Trinajstić information content (AvgIpc) is 2.25. The molecule has 0 amide bonds. The molecule has 1 aliphatic heterocycles. The largest absolute Gasteiger partial charge is 0.381 e. The minimum Gasteiger partial charge on any atom is -0.381 e. The van der Waals surface area contributed by atoms with Gasteiger partial charge in [0.25, 0.3) is 0 Å². The Balaban J connectivity index is 2.19. The Kier molecular flexibility index (Phi) is 5.49. The van der Waals surface area contributed by atoms with Gasteiger partial charge in [-0.25, -0.2) is 0 Å². The molecule has 0 aromatic heterocycles. The van der Waals surface area contributed by atoms with Gasteiger partial charge in [0.1, 0.15) is 0 Å². The lowest BCUT2D eigenvalue weighted by Crippen LogP contribution is -2.44. The first-order valence-electron chi connectivity index (χ1n) is 6.11. The van der Waals surface area contributed by atoms with Gasteiger partial charge in [0.05, 0.1) is 0 Å². The molecule has 1 heterocycles. The lowest BCUT2D eigenvalue weighted by atomic mass is 9.82. The maximum absolute atomic E-state index is 5.37. The van der Waals surface area contributed by atoms with Crippen molar-refractivity contribution in [3.63, 3.8) is 0 Å².